The van der Waals surface area contributed by atoms with E-state index in [2.05, 4.69) is 20.9 Å². The first kappa shape index (κ1) is 12.1. The molecule has 0 bridgehead atoms. The minimum Gasteiger partial charge on any atom is -0.481 e. The minimum atomic E-state index is -0.833. The van der Waals surface area contributed by atoms with Gasteiger partial charge in [0.25, 0.3) is 0 Å². The average molecular weight is 298 g/mol. The summed E-state index contributed by atoms with van der Waals surface area (Å²) in [5.41, 5.74) is 1.07. The number of halogens is 1. The molecule has 0 saturated heterocycles. The van der Waals surface area contributed by atoms with Crippen LogP contribution in [-0.2, 0) is 9.53 Å². The molecule has 17 heavy (non-hydrogen) atoms. The fourth-order valence-corrected chi connectivity index (χ4v) is 2.23. The highest BCUT2D eigenvalue weighted by molar-refractivity contribution is 9.10. The number of aliphatic imine (C=N–C) groups is 1. The second-order valence-electron chi connectivity index (χ2n) is 3.76. The second kappa shape index (κ2) is 5.31. The van der Waals surface area contributed by atoms with Gasteiger partial charge in [-0.3, -0.25) is 4.79 Å². The number of hydrogen-bond acceptors (Lipinski definition) is 3. The van der Waals surface area contributed by atoms with Crippen molar-refractivity contribution in [2.24, 2.45) is 4.99 Å². The van der Waals surface area contributed by atoms with Crippen LogP contribution in [0.15, 0.2) is 33.7 Å². The number of carbonyl (C=O) groups is 1. The average Bonchev–Trinajstić information content (AvgIpc) is 2.75. The molecule has 0 fully saturated rings. The number of nitrogens with zero attached hydrogens (tertiary/aromatic N) is 1. The zero-order valence-corrected chi connectivity index (χ0v) is 10.7. The summed E-state index contributed by atoms with van der Waals surface area (Å²) in [7, 11) is 0. The van der Waals surface area contributed by atoms with E-state index in [9.17, 15) is 4.79 Å². The van der Waals surface area contributed by atoms with Crippen molar-refractivity contribution in [1.82, 2.24) is 0 Å². The van der Waals surface area contributed by atoms with Crippen LogP contribution in [0.4, 0.5) is 0 Å². The predicted octanol–water partition coefficient (Wildman–Crippen LogP) is 2.78. The lowest BCUT2D eigenvalue weighted by Gasteiger charge is -2.06. The molecule has 1 heterocycles. The Morgan fingerprint density at radius 3 is 3.00 bits per heavy atom. The summed E-state index contributed by atoms with van der Waals surface area (Å²) in [5, 5.41) is 8.58. The van der Waals surface area contributed by atoms with Crippen molar-refractivity contribution in [3.8, 4) is 0 Å². The van der Waals surface area contributed by atoms with Crippen molar-refractivity contribution in [2.75, 3.05) is 6.61 Å². The Morgan fingerprint density at radius 1 is 1.53 bits per heavy atom. The maximum absolute atomic E-state index is 10.4. The van der Waals surface area contributed by atoms with Crippen molar-refractivity contribution in [2.45, 2.75) is 18.9 Å². The molecule has 4 nitrogen and oxygen atoms in total. The number of carboxylic acids is 1. The third-order valence-corrected chi connectivity index (χ3v) is 3.25. The lowest BCUT2D eigenvalue weighted by Crippen LogP contribution is -2.03. The highest BCUT2D eigenvalue weighted by Gasteiger charge is 2.22. The van der Waals surface area contributed by atoms with Crippen LogP contribution in [-0.4, -0.2) is 23.6 Å². The topological polar surface area (TPSA) is 58.9 Å². The van der Waals surface area contributed by atoms with Gasteiger partial charge in [-0.2, -0.15) is 0 Å². The molecule has 0 aromatic heterocycles. The maximum atomic E-state index is 10.4. The van der Waals surface area contributed by atoms with E-state index in [0.717, 1.165) is 10.0 Å². The molecular weight excluding hydrogens is 286 g/mol. The number of benzene rings is 1. The molecule has 1 aromatic rings. The van der Waals surface area contributed by atoms with E-state index in [1.807, 2.05) is 24.3 Å². The Hall–Kier alpha value is -1.36. The molecule has 0 amide bonds. The lowest BCUT2D eigenvalue weighted by atomic mass is 10.1. The molecule has 1 N–H and O–H groups in total. The molecule has 0 spiro atoms. The van der Waals surface area contributed by atoms with Gasteiger partial charge in [-0.05, 0) is 11.6 Å². The molecule has 0 aliphatic carbocycles. The van der Waals surface area contributed by atoms with Crippen LogP contribution in [0.1, 0.15) is 24.4 Å². The first-order valence-corrected chi connectivity index (χ1v) is 6.12. The minimum absolute atomic E-state index is 0.0330. The van der Waals surface area contributed by atoms with Crippen molar-refractivity contribution in [3.63, 3.8) is 0 Å². The molecule has 1 aliphatic rings. The molecule has 0 radical (unpaired) electrons. The van der Waals surface area contributed by atoms with Crippen LogP contribution < -0.4 is 0 Å². The van der Waals surface area contributed by atoms with E-state index in [4.69, 9.17) is 9.84 Å². The van der Waals surface area contributed by atoms with Gasteiger partial charge < -0.3 is 9.84 Å². The van der Waals surface area contributed by atoms with Gasteiger partial charge in [-0.15, -0.1) is 0 Å². The fourth-order valence-electron chi connectivity index (χ4n) is 1.68. The van der Waals surface area contributed by atoms with Crippen LogP contribution in [0.5, 0.6) is 0 Å². The van der Waals surface area contributed by atoms with Gasteiger partial charge in [0.15, 0.2) is 5.90 Å². The van der Waals surface area contributed by atoms with E-state index >= 15 is 0 Å². The highest BCUT2D eigenvalue weighted by atomic mass is 79.9. The Bertz CT molecular complexity index is 459. The third-order valence-electron chi connectivity index (χ3n) is 2.52. The highest BCUT2D eigenvalue weighted by Crippen LogP contribution is 2.29. The van der Waals surface area contributed by atoms with Crippen molar-refractivity contribution in [3.05, 3.63) is 34.3 Å². The van der Waals surface area contributed by atoms with Crippen molar-refractivity contribution in [1.29, 1.82) is 0 Å². The monoisotopic (exact) mass is 297 g/mol. The summed E-state index contributed by atoms with van der Waals surface area (Å²) < 4.78 is 6.39. The van der Waals surface area contributed by atoms with E-state index in [1.54, 1.807) is 0 Å². The molecule has 2 rings (SSSR count). The molecule has 1 atom stereocenters. The third kappa shape index (κ3) is 3.06. The first-order chi connectivity index (χ1) is 8.16. The smallest absolute Gasteiger partial charge is 0.303 e. The normalized spacial score (nSPS) is 18.6. The van der Waals surface area contributed by atoms with Gasteiger partial charge in [0.2, 0.25) is 0 Å². The summed E-state index contributed by atoms with van der Waals surface area (Å²) in [6, 6.07) is 7.81. The molecule has 1 aliphatic heterocycles. The van der Waals surface area contributed by atoms with Crippen LogP contribution in [0.3, 0.4) is 0 Å². The van der Waals surface area contributed by atoms with E-state index in [-0.39, 0.29) is 12.5 Å². The SMILES string of the molecule is O=C(O)CCC1=NC(c2ccccc2Br)CO1. The summed E-state index contributed by atoms with van der Waals surface area (Å²) >= 11 is 3.47. The van der Waals surface area contributed by atoms with E-state index in [1.165, 1.54) is 0 Å². The van der Waals surface area contributed by atoms with Gasteiger partial charge in [0.1, 0.15) is 12.6 Å². The largest absolute Gasteiger partial charge is 0.481 e. The van der Waals surface area contributed by atoms with Crippen LogP contribution >= 0.6 is 15.9 Å². The van der Waals surface area contributed by atoms with Gasteiger partial charge in [0.05, 0.1) is 6.42 Å². The second-order valence-corrected chi connectivity index (χ2v) is 4.62. The number of hydrogen-bond donors (Lipinski definition) is 1. The quantitative estimate of drug-likeness (QED) is 0.930. The molecule has 0 saturated carbocycles. The molecule has 90 valence electrons. The molecule has 1 unspecified atom stereocenters. The Labute approximate surface area is 107 Å². The summed E-state index contributed by atoms with van der Waals surface area (Å²) in [4.78, 5) is 14.8. The zero-order chi connectivity index (χ0) is 12.3. The molecule has 1 aromatic carbocycles. The maximum Gasteiger partial charge on any atom is 0.303 e. The molecule has 5 heteroatoms. The number of ether oxygens (including phenoxy) is 1. The number of carboxylic acid groups (broad SMARTS) is 1. The summed E-state index contributed by atoms with van der Waals surface area (Å²) in [6.45, 7) is 0.484. The van der Waals surface area contributed by atoms with Crippen LogP contribution in [0.25, 0.3) is 0 Å². The first-order valence-electron chi connectivity index (χ1n) is 5.32. The number of rotatable bonds is 4. The summed E-state index contributed by atoms with van der Waals surface area (Å²) in [6.07, 6.45) is 0.414. The zero-order valence-electron chi connectivity index (χ0n) is 9.10. The number of aliphatic carboxylic acids is 1. The van der Waals surface area contributed by atoms with Crippen molar-refractivity contribution < 1.29 is 14.6 Å². The Kier molecular flexibility index (Phi) is 3.78. The van der Waals surface area contributed by atoms with Gasteiger partial charge in [0, 0.05) is 10.9 Å². The van der Waals surface area contributed by atoms with Crippen LogP contribution in [0, 0.1) is 0 Å². The van der Waals surface area contributed by atoms with Gasteiger partial charge in [-0.25, -0.2) is 4.99 Å². The fraction of sp³-hybridized carbons (Fsp3) is 0.333. The Morgan fingerprint density at radius 2 is 2.29 bits per heavy atom. The standard InChI is InChI=1S/C12H12BrNO3/c13-9-4-2-1-3-8(9)10-7-17-11(14-10)5-6-12(15)16/h1-4,10H,5-7H2,(H,15,16). The van der Waals surface area contributed by atoms with E-state index in [0.29, 0.717) is 18.9 Å². The molecular formula is C12H12BrNO3. The lowest BCUT2D eigenvalue weighted by molar-refractivity contribution is -0.136. The van der Waals surface area contributed by atoms with Gasteiger partial charge in [-0.1, -0.05) is 34.1 Å². The predicted molar refractivity (Wildman–Crippen MR) is 67.1 cm³/mol. The summed E-state index contributed by atoms with van der Waals surface area (Å²) in [5.74, 6) is -0.297. The van der Waals surface area contributed by atoms with Gasteiger partial charge >= 0.3 is 5.97 Å². The Balaban J connectivity index is 2.06. The van der Waals surface area contributed by atoms with Crippen LogP contribution in [0.2, 0.25) is 0 Å². The van der Waals surface area contributed by atoms with Crippen molar-refractivity contribution >= 4 is 27.8 Å². The van der Waals surface area contributed by atoms with E-state index < -0.39 is 5.97 Å².